The van der Waals surface area contributed by atoms with Crippen molar-refractivity contribution in [2.24, 2.45) is 0 Å². The summed E-state index contributed by atoms with van der Waals surface area (Å²) in [5, 5.41) is 9.69. The molecule has 108 valence electrons. The van der Waals surface area contributed by atoms with Crippen molar-refractivity contribution in [3.8, 4) is 0 Å². The van der Waals surface area contributed by atoms with E-state index in [1.54, 1.807) is 0 Å². The highest BCUT2D eigenvalue weighted by molar-refractivity contribution is 7.99. The van der Waals surface area contributed by atoms with Gasteiger partial charge in [-0.2, -0.15) is 0 Å². The second kappa shape index (κ2) is 5.69. The number of H-pyrrole nitrogens is 1. The Balaban J connectivity index is 1.81. The average molecular weight is 302 g/mol. The maximum absolute atomic E-state index is 11.5. The topological polar surface area (TPSA) is 80.8 Å². The van der Waals surface area contributed by atoms with Crippen LogP contribution < -0.4 is 0 Å². The number of aromatic nitrogens is 4. The lowest BCUT2D eigenvalue weighted by atomic mass is 10.2. The quantitative estimate of drug-likeness (QED) is 0.589. The molecule has 6 nitrogen and oxygen atoms in total. The molecule has 0 aliphatic rings. The number of thioether (sulfide) groups is 1. The third-order valence-electron chi connectivity index (χ3n) is 2.79. The van der Waals surface area contributed by atoms with Gasteiger partial charge < -0.3 is 9.72 Å². The van der Waals surface area contributed by atoms with E-state index in [-0.39, 0.29) is 17.8 Å². The van der Waals surface area contributed by atoms with E-state index < -0.39 is 0 Å². The lowest BCUT2D eigenvalue weighted by Gasteiger charge is -2.06. The fourth-order valence-electron chi connectivity index (χ4n) is 1.99. The molecule has 1 aromatic carbocycles. The van der Waals surface area contributed by atoms with Crippen molar-refractivity contribution in [1.82, 2.24) is 20.2 Å². The Morgan fingerprint density at radius 3 is 2.95 bits per heavy atom. The third-order valence-corrected chi connectivity index (χ3v) is 3.60. The van der Waals surface area contributed by atoms with Gasteiger partial charge in [-0.1, -0.05) is 30.0 Å². The summed E-state index contributed by atoms with van der Waals surface area (Å²) in [5.74, 6) is -0.110. The van der Waals surface area contributed by atoms with Crippen LogP contribution in [0.5, 0.6) is 0 Å². The van der Waals surface area contributed by atoms with Gasteiger partial charge in [0.1, 0.15) is 5.52 Å². The summed E-state index contributed by atoms with van der Waals surface area (Å²) in [6, 6.07) is 7.83. The number of aromatic amines is 1. The van der Waals surface area contributed by atoms with E-state index in [0.717, 1.165) is 16.4 Å². The fraction of sp³-hybridized carbons (Fsp3) is 0.286. The number of rotatable bonds is 4. The summed E-state index contributed by atoms with van der Waals surface area (Å²) < 4.78 is 5.06. The number of carbonyl (C=O) groups is 1. The molecule has 0 saturated heterocycles. The fourth-order valence-corrected chi connectivity index (χ4v) is 2.56. The van der Waals surface area contributed by atoms with Crippen LogP contribution in [0.4, 0.5) is 0 Å². The molecular formula is C14H14N4O2S. The zero-order chi connectivity index (χ0) is 14.8. The van der Waals surface area contributed by atoms with Crippen molar-refractivity contribution in [3.05, 3.63) is 24.3 Å². The van der Waals surface area contributed by atoms with Crippen molar-refractivity contribution in [2.45, 2.75) is 25.1 Å². The molecule has 0 aliphatic carbocycles. The number of nitrogens with one attached hydrogen (secondary N) is 1. The van der Waals surface area contributed by atoms with Crippen LogP contribution in [0.1, 0.15) is 13.8 Å². The number of carbonyl (C=O) groups excluding carboxylic acids is 1. The number of para-hydroxylation sites is 1. The minimum atomic E-state index is -0.282. The number of benzene rings is 1. The Hall–Kier alpha value is -2.15. The van der Waals surface area contributed by atoms with E-state index in [2.05, 4.69) is 20.2 Å². The van der Waals surface area contributed by atoms with Crippen LogP contribution in [0.2, 0.25) is 0 Å². The first-order valence-corrected chi connectivity index (χ1v) is 7.55. The van der Waals surface area contributed by atoms with Crippen LogP contribution in [0, 0.1) is 0 Å². The van der Waals surface area contributed by atoms with E-state index in [1.165, 1.54) is 11.8 Å². The predicted octanol–water partition coefficient (Wildman–Crippen LogP) is 2.55. The minimum Gasteiger partial charge on any atom is -0.462 e. The lowest BCUT2D eigenvalue weighted by molar-refractivity contribution is -0.144. The van der Waals surface area contributed by atoms with Gasteiger partial charge >= 0.3 is 5.97 Å². The maximum Gasteiger partial charge on any atom is 0.316 e. The normalized spacial score (nSPS) is 11.4. The summed E-state index contributed by atoms with van der Waals surface area (Å²) in [7, 11) is 0. The molecule has 0 saturated carbocycles. The minimum absolute atomic E-state index is 0.117. The summed E-state index contributed by atoms with van der Waals surface area (Å²) >= 11 is 1.22. The monoisotopic (exact) mass is 302 g/mol. The lowest BCUT2D eigenvalue weighted by Crippen LogP contribution is -2.13. The number of fused-ring (bicyclic) bond motifs is 3. The number of nitrogens with zero attached hydrogens (tertiary/aromatic N) is 3. The standard InChI is InChI=1S/C14H14N4O2S/c1-8(2)20-11(19)7-21-14-16-13-12(17-18-14)9-5-3-4-6-10(9)15-13/h3-6,8H,7H2,1-2H3,(H,15,16,18). The van der Waals surface area contributed by atoms with Gasteiger partial charge in [-0.05, 0) is 19.9 Å². The molecule has 3 rings (SSSR count). The van der Waals surface area contributed by atoms with Crippen molar-refractivity contribution in [3.63, 3.8) is 0 Å². The van der Waals surface area contributed by atoms with E-state index in [4.69, 9.17) is 4.74 Å². The molecule has 0 spiro atoms. The Morgan fingerprint density at radius 2 is 2.14 bits per heavy atom. The van der Waals surface area contributed by atoms with Crippen LogP contribution in [-0.2, 0) is 9.53 Å². The van der Waals surface area contributed by atoms with Crippen molar-refractivity contribution >= 4 is 39.8 Å². The highest BCUT2D eigenvalue weighted by atomic mass is 32.2. The molecule has 0 amide bonds. The van der Waals surface area contributed by atoms with E-state index in [9.17, 15) is 4.79 Å². The SMILES string of the molecule is CC(C)OC(=O)CSc1nnc2c(n1)[nH]c1ccccc12. The molecule has 0 fully saturated rings. The van der Waals surface area contributed by atoms with Gasteiger partial charge in [0.15, 0.2) is 5.65 Å². The molecule has 0 unspecified atom stereocenters. The summed E-state index contributed by atoms with van der Waals surface area (Å²) in [5.41, 5.74) is 2.38. The van der Waals surface area contributed by atoms with Crippen molar-refractivity contribution in [1.29, 1.82) is 0 Å². The largest absolute Gasteiger partial charge is 0.462 e. The molecule has 2 aromatic heterocycles. The molecule has 0 radical (unpaired) electrons. The smallest absolute Gasteiger partial charge is 0.316 e. The number of esters is 1. The summed E-state index contributed by atoms with van der Waals surface area (Å²) in [4.78, 5) is 19.1. The molecule has 0 aliphatic heterocycles. The molecule has 3 aromatic rings. The average Bonchev–Trinajstić information content (AvgIpc) is 2.82. The highest BCUT2D eigenvalue weighted by Crippen LogP contribution is 2.23. The van der Waals surface area contributed by atoms with Crippen molar-refractivity contribution < 1.29 is 9.53 Å². The van der Waals surface area contributed by atoms with Gasteiger partial charge in [-0.25, -0.2) is 4.98 Å². The van der Waals surface area contributed by atoms with Gasteiger partial charge in [0.05, 0.1) is 11.9 Å². The Morgan fingerprint density at radius 1 is 1.33 bits per heavy atom. The molecule has 21 heavy (non-hydrogen) atoms. The zero-order valence-corrected chi connectivity index (χ0v) is 12.5. The van der Waals surface area contributed by atoms with Crippen LogP contribution >= 0.6 is 11.8 Å². The van der Waals surface area contributed by atoms with Crippen LogP contribution in [0.25, 0.3) is 22.1 Å². The second-order valence-corrected chi connectivity index (χ2v) is 5.73. The number of hydrogen-bond acceptors (Lipinski definition) is 6. The van der Waals surface area contributed by atoms with Gasteiger partial charge in [-0.3, -0.25) is 4.79 Å². The number of ether oxygens (including phenoxy) is 1. The molecule has 7 heteroatoms. The number of hydrogen-bond donors (Lipinski definition) is 1. The summed E-state index contributed by atoms with van der Waals surface area (Å²) in [6.45, 7) is 3.63. The van der Waals surface area contributed by atoms with E-state index >= 15 is 0 Å². The van der Waals surface area contributed by atoms with Gasteiger partial charge in [0.25, 0.3) is 0 Å². The Bertz CT molecular complexity index is 800. The Labute approximate surface area is 125 Å². The molecular weight excluding hydrogens is 288 g/mol. The Kier molecular flexibility index (Phi) is 3.74. The predicted molar refractivity (Wildman–Crippen MR) is 81.1 cm³/mol. The molecule has 1 N–H and O–H groups in total. The summed E-state index contributed by atoms with van der Waals surface area (Å²) in [6.07, 6.45) is -0.117. The van der Waals surface area contributed by atoms with E-state index in [0.29, 0.717) is 10.8 Å². The van der Waals surface area contributed by atoms with Crippen molar-refractivity contribution in [2.75, 3.05) is 5.75 Å². The van der Waals surface area contributed by atoms with E-state index in [1.807, 2.05) is 38.1 Å². The first kappa shape index (κ1) is 13.8. The first-order chi connectivity index (χ1) is 10.1. The third kappa shape index (κ3) is 2.97. The first-order valence-electron chi connectivity index (χ1n) is 6.57. The van der Waals surface area contributed by atoms with Gasteiger partial charge in [0, 0.05) is 10.9 Å². The highest BCUT2D eigenvalue weighted by Gasteiger charge is 2.11. The van der Waals surface area contributed by atoms with Crippen LogP contribution in [0.15, 0.2) is 29.4 Å². The van der Waals surface area contributed by atoms with Gasteiger partial charge in [-0.15, -0.1) is 10.2 Å². The molecule has 0 bridgehead atoms. The van der Waals surface area contributed by atoms with Crippen LogP contribution in [-0.4, -0.2) is 38.0 Å². The molecule has 0 atom stereocenters. The zero-order valence-electron chi connectivity index (χ0n) is 11.7. The second-order valence-electron chi connectivity index (χ2n) is 4.79. The van der Waals surface area contributed by atoms with Crippen LogP contribution in [0.3, 0.4) is 0 Å². The molecule has 2 heterocycles. The maximum atomic E-state index is 11.5. The van der Waals surface area contributed by atoms with Gasteiger partial charge in [0.2, 0.25) is 5.16 Å².